The van der Waals surface area contributed by atoms with Crippen molar-refractivity contribution in [3.63, 3.8) is 0 Å². The number of nitrogens with zero attached hydrogens (tertiary/aromatic N) is 1. The molecule has 15 heavy (non-hydrogen) atoms. The SMILES string of the molecule is CCc1nc(CC2CCCO2)sc1CN. The number of aromatic nitrogens is 1. The first kappa shape index (κ1) is 11.0. The normalized spacial score (nSPS) is 21.1. The molecule has 1 aromatic rings. The van der Waals surface area contributed by atoms with E-state index < -0.39 is 0 Å². The molecule has 1 aromatic heterocycles. The largest absolute Gasteiger partial charge is 0.378 e. The summed E-state index contributed by atoms with van der Waals surface area (Å²) in [5.74, 6) is 0. The summed E-state index contributed by atoms with van der Waals surface area (Å²) in [6, 6.07) is 0. The van der Waals surface area contributed by atoms with Crippen molar-refractivity contribution < 1.29 is 4.74 Å². The first-order valence-corrected chi connectivity index (χ1v) is 6.44. The zero-order valence-electron chi connectivity index (χ0n) is 9.16. The minimum Gasteiger partial charge on any atom is -0.378 e. The zero-order chi connectivity index (χ0) is 10.7. The first-order chi connectivity index (χ1) is 7.33. The number of thiazole rings is 1. The summed E-state index contributed by atoms with van der Waals surface area (Å²) in [7, 11) is 0. The highest BCUT2D eigenvalue weighted by Gasteiger charge is 2.18. The van der Waals surface area contributed by atoms with E-state index in [0.717, 1.165) is 19.4 Å². The number of rotatable bonds is 4. The van der Waals surface area contributed by atoms with Gasteiger partial charge in [0.1, 0.15) is 0 Å². The predicted molar refractivity (Wildman–Crippen MR) is 62.1 cm³/mol. The molecule has 0 spiro atoms. The molecular formula is C11H18N2OS. The molecule has 1 aliphatic rings. The van der Waals surface area contributed by atoms with Gasteiger partial charge in [-0.2, -0.15) is 0 Å². The Bertz CT molecular complexity index is 297. The Morgan fingerprint density at radius 3 is 3.00 bits per heavy atom. The highest BCUT2D eigenvalue weighted by Crippen LogP contribution is 2.23. The number of nitrogens with two attached hydrogens (primary N) is 1. The number of aryl methyl sites for hydroxylation is 1. The average molecular weight is 226 g/mol. The van der Waals surface area contributed by atoms with E-state index in [1.54, 1.807) is 11.3 Å². The fourth-order valence-corrected chi connectivity index (χ4v) is 3.06. The monoisotopic (exact) mass is 226 g/mol. The van der Waals surface area contributed by atoms with E-state index in [9.17, 15) is 0 Å². The van der Waals surface area contributed by atoms with Crippen LogP contribution in [0.15, 0.2) is 0 Å². The van der Waals surface area contributed by atoms with Crippen molar-refractivity contribution in [2.45, 2.75) is 45.3 Å². The van der Waals surface area contributed by atoms with Gasteiger partial charge >= 0.3 is 0 Å². The molecule has 1 fully saturated rings. The van der Waals surface area contributed by atoms with Crippen molar-refractivity contribution in [3.8, 4) is 0 Å². The average Bonchev–Trinajstić information content (AvgIpc) is 2.87. The summed E-state index contributed by atoms with van der Waals surface area (Å²) in [5, 5.41) is 1.19. The molecule has 0 amide bonds. The fraction of sp³-hybridized carbons (Fsp3) is 0.727. The Morgan fingerprint density at radius 1 is 1.60 bits per heavy atom. The van der Waals surface area contributed by atoms with Crippen LogP contribution in [0.1, 0.15) is 35.3 Å². The third-order valence-electron chi connectivity index (χ3n) is 2.77. The molecule has 0 saturated carbocycles. The smallest absolute Gasteiger partial charge is 0.0957 e. The lowest BCUT2D eigenvalue weighted by Crippen LogP contribution is -2.08. The van der Waals surface area contributed by atoms with Gasteiger partial charge in [0, 0.05) is 24.4 Å². The van der Waals surface area contributed by atoms with E-state index in [1.807, 2.05) is 0 Å². The van der Waals surface area contributed by atoms with Crippen LogP contribution in [0.25, 0.3) is 0 Å². The molecule has 1 atom stereocenters. The molecule has 2 rings (SSSR count). The van der Waals surface area contributed by atoms with Crippen molar-refractivity contribution in [1.82, 2.24) is 4.98 Å². The Hall–Kier alpha value is -0.450. The van der Waals surface area contributed by atoms with Gasteiger partial charge in [0.15, 0.2) is 0 Å². The lowest BCUT2D eigenvalue weighted by Gasteiger charge is -2.05. The van der Waals surface area contributed by atoms with Crippen molar-refractivity contribution in [2.75, 3.05) is 6.61 Å². The van der Waals surface area contributed by atoms with Gasteiger partial charge in [0.25, 0.3) is 0 Å². The quantitative estimate of drug-likeness (QED) is 0.853. The van der Waals surface area contributed by atoms with Crippen molar-refractivity contribution in [1.29, 1.82) is 0 Å². The van der Waals surface area contributed by atoms with E-state index in [4.69, 9.17) is 10.5 Å². The van der Waals surface area contributed by atoms with Gasteiger partial charge in [0.05, 0.1) is 16.8 Å². The topological polar surface area (TPSA) is 48.1 Å². The van der Waals surface area contributed by atoms with Crippen molar-refractivity contribution in [2.24, 2.45) is 5.73 Å². The van der Waals surface area contributed by atoms with E-state index >= 15 is 0 Å². The molecule has 1 saturated heterocycles. The van der Waals surface area contributed by atoms with Crippen LogP contribution >= 0.6 is 11.3 Å². The summed E-state index contributed by atoms with van der Waals surface area (Å²) < 4.78 is 5.61. The number of hydrogen-bond donors (Lipinski definition) is 1. The molecule has 1 unspecified atom stereocenters. The second-order valence-corrected chi connectivity index (χ2v) is 5.04. The third-order valence-corrected chi connectivity index (χ3v) is 3.91. The Kier molecular flexibility index (Phi) is 3.72. The van der Waals surface area contributed by atoms with Crippen LogP contribution in [0, 0.1) is 0 Å². The van der Waals surface area contributed by atoms with Crippen molar-refractivity contribution >= 4 is 11.3 Å². The van der Waals surface area contributed by atoms with Gasteiger partial charge in [-0.1, -0.05) is 6.92 Å². The number of hydrogen-bond acceptors (Lipinski definition) is 4. The third kappa shape index (κ3) is 2.56. The molecule has 1 aliphatic heterocycles. The highest BCUT2D eigenvalue weighted by atomic mass is 32.1. The van der Waals surface area contributed by atoms with E-state index in [1.165, 1.54) is 28.4 Å². The van der Waals surface area contributed by atoms with Crippen LogP contribution in [0.4, 0.5) is 0 Å². The Labute approximate surface area is 94.7 Å². The molecule has 3 nitrogen and oxygen atoms in total. The second-order valence-electron chi connectivity index (χ2n) is 3.87. The maximum atomic E-state index is 5.69. The lowest BCUT2D eigenvalue weighted by molar-refractivity contribution is 0.111. The molecule has 84 valence electrons. The van der Waals surface area contributed by atoms with Gasteiger partial charge in [-0.25, -0.2) is 4.98 Å². The molecule has 2 N–H and O–H groups in total. The van der Waals surface area contributed by atoms with Crippen LogP contribution < -0.4 is 5.73 Å². The zero-order valence-corrected chi connectivity index (χ0v) is 9.98. The highest BCUT2D eigenvalue weighted by molar-refractivity contribution is 7.11. The summed E-state index contributed by atoms with van der Waals surface area (Å²) in [6.45, 7) is 3.66. The van der Waals surface area contributed by atoms with Gasteiger partial charge in [0.2, 0.25) is 0 Å². The standard InChI is InChI=1S/C11H18N2OS/c1-2-9-10(7-12)15-11(13-9)6-8-4-3-5-14-8/h8H,2-7,12H2,1H3. The number of ether oxygens (including phenoxy) is 1. The summed E-state index contributed by atoms with van der Waals surface area (Å²) >= 11 is 1.75. The summed E-state index contributed by atoms with van der Waals surface area (Å²) in [6.07, 6.45) is 4.72. The minimum absolute atomic E-state index is 0.395. The predicted octanol–water partition coefficient (Wildman–Crippen LogP) is 1.89. The molecule has 0 radical (unpaired) electrons. The van der Waals surface area contributed by atoms with Gasteiger partial charge in [-0.3, -0.25) is 0 Å². The fourth-order valence-electron chi connectivity index (χ4n) is 1.96. The molecule has 4 heteroatoms. The Morgan fingerprint density at radius 2 is 2.47 bits per heavy atom. The van der Waals surface area contributed by atoms with Crippen LogP contribution in [0.5, 0.6) is 0 Å². The van der Waals surface area contributed by atoms with E-state index in [2.05, 4.69) is 11.9 Å². The summed E-state index contributed by atoms with van der Waals surface area (Å²) in [4.78, 5) is 5.86. The first-order valence-electron chi connectivity index (χ1n) is 5.62. The van der Waals surface area contributed by atoms with Crippen LogP contribution in [-0.2, 0) is 24.1 Å². The van der Waals surface area contributed by atoms with E-state index in [-0.39, 0.29) is 0 Å². The van der Waals surface area contributed by atoms with Crippen LogP contribution in [0.2, 0.25) is 0 Å². The molecule has 0 aliphatic carbocycles. The maximum Gasteiger partial charge on any atom is 0.0957 e. The molecule has 0 aromatic carbocycles. The van der Waals surface area contributed by atoms with Gasteiger partial charge in [-0.15, -0.1) is 11.3 Å². The van der Waals surface area contributed by atoms with Gasteiger partial charge < -0.3 is 10.5 Å². The van der Waals surface area contributed by atoms with E-state index in [0.29, 0.717) is 12.6 Å². The van der Waals surface area contributed by atoms with Gasteiger partial charge in [-0.05, 0) is 19.3 Å². The lowest BCUT2D eigenvalue weighted by atomic mass is 10.2. The molecule has 0 bridgehead atoms. The maximum absolute atomic E-state index is 5.69. The molecule has 2 heterocycles. The van der Waals surface area contributed by atoms with Crippen molar-refractivity contribution in [3.05, 3.63) is 15.6 Å². The van der Waals surface area contributed by atoms with Crippen LogP contribution in [0.3, 0.4) is 0 Å². The minimum atomic E-state index is 0.395. The second kappa shape index (κ2) is 5.05. The molecular weight excluding hydrogens is 208 g/mol. The summed E-state index contributed by atoms with van der Waals surface area (Å²) in [5.41, 5.74) is 6.86. The Balaban J connectivity index is 2.04. The van der Waals surface area contributed by atoms with Crippen LogP contribution in [-0.4, -0.2) is 17.7 Å².